The van der Waals surface area contributed by atoms with Crippen molar-refractivity contribution in [1.82, 2.24) is 0 Å². The number of aliphatic hydroxyl groups excluding tert-OH is 1. The summed E-state index contributed by atoms with van der Waals surface area (Å²) in [7, 11) is 1.40. The normalized spacial score (nSPS) is 35.1. The first-order valence-electron chi connectivity index (χ1n) is 16.3. The number of rotatable bonds is 11. The number of nitrogens with zero attached hydrogens (tertiary/aromatic N) is 1. The largest absolute Gasteiger partial charge is 0.511 e. The van der Waals surface area contributed by atoms with E-state index in [9.17, 15) is 14.7 Å². The summed E-state index contributed by atoms with van der Waals surface area (Å²) in [6.45, 7) is 19.6. The second-order valence-corrected chi connectivity index (χ2v) is 14.2. The minimum absolute atomic E-state index is 0.0750. The van der Waals surface area contributed by atoms with E-state index in [1.54, 1.807) is 6.08 Å². The average molecular weight is 572 g/mol. The van der Waals surface area contributed by atoms with Gasteiger partial charge >= 0.3 is 5.97 Å². The number of oxime groups is 1. The predicted octanol–water partition coefficient (Wildman–Crippen LogP) is 8.32. The molecule has 0 aliphatic heterocycles. The zero-order chi connectivity index (χ0) is 30.5. The van der Waals surface area contributed by atoms with E-state index in [4.69, 9.17) is 9.57 Å². The highest BCUT2D eigenvalue weighted by molar-refractivity contribution is 6.27. The third-order valence-electron chi connectivity index (χ3n) is 10.8. The van der Waals surface area contributed by atoms with Crippen molar-refractivity contribution in [2.24, 2.45) is 63.8 Å². The Hall–Kier alpha value is -2.11. The highest BCUT2D eigenvalue weighted by Crippen LogP contribution is 2.64. The molecule has 6 heteroatoms. The summed E-state index contributed by atoms with van der Waals surface area (Å²) in [4.78, 5) is 34.3. The number of carbonyl (C=O) groups is 2. The smallest absolute Gasteiger partial charge is 0.317 e. The third kappa shape index (κ3) is 6.77. The van der Waals surface area contributed by atoms with Gasteiger partial charge in [-0.2, -0.15) is 0 Å². The van der Waals surface area contributed by atoms with Gasteiger partial charge in [-0.3, -0.25) is 9.59 Å². The zero-order valence-corrected chi connectivity index (χ0v) is 27.1. The van der Waals surface area contributed by atoms with Crippen LogP contribution in [0.5, 0.6) is 0 Å². The first-order chi connectivity index (χ1) is 19.4. The minimum Gasteiger partial charge on any atom is -0.511 e. The van der Waals surface area contributed by atoms with Crippen molar-refractivity contribution in [2.45, 2.75) is 106 Å². The lowest BCUT2D eigenvalue weighted by molar-refractivity contribution is -0.173. The maximum absolute atomic E-state index is 14.8. The molecule has 0 bridgehead atoms. The van der Waals surface area contributed by atoms with Crippen molar-refractivity contribution in [3.63, 3.8) is 0 Å². The molecule has 2 saturated carbocycles. The highest BCUT2D eigenvalue weighted by Gasteiger charge is 2.64. The number of carbonyl (C=O) groups excluding carboxylic acids is 2. The molecule has 0 aromatic heterocycles. The van der Waals surface area contributed by atoms with Crippen molar-refractivity contribution < 1.29 is 24.3 Å². The molecule has 3 rings (SSSR count). The van der Waals surface area contributed by atoms with Crippen molar-refractivity contribution >= 4 is 17.5 Å². The van der Waals surface area contributed by atoms with Gasteiger partial charge in [0.25, 0.3) is 0 Å². The van der Waals surface area contributed by atoms with Crippen LogP contribution in [0.1, 0.15) is 106 Å². The number of aliphatic hydroxyl groups is 1. The number of ketones is 1. The van der Waals surface area contributed by atoms with Crippen molar-refractivity contribution in [1.29, 1.82) is 0 Å². The van der Waals surface area contributed by atoms with Gasteiger partial charge in [0.15, 0.2) is 5.78 Å². The van der Waals surface area contributed by atoms with Gasteiger partial charge in [0, 0.05) is 11.8 Å². The molecular formula is C35H57NO5. The molecule has 0 aromatic rings. The second-order valence-electron chi connectivity index (χ2n) is 14.2. The molecule has 3 aliphatic rings. The Morgan fingerprint density at radius 2 is 1.59 bits per heavy atom. The Labute approximate surface area is 249 Å². The van der Waals surface area contributed by atoms with Gasteiger partial charge in [-0.15, -0.1) is 0 Å². The molecule has 0 radical (unpaired) electrons. The number of ether oxygens (including phenoxy) is 1. The number of esters is 1. The van der Waals surface area contributed by atoms with E-state index in [0.717, 1.165) is 44.9 Å². The number of methoxy groups -OCH3 is 1. The van der Waals surface area contributed by atoms with E-state index in [0.29, 0.717) is 54.1 Å². The number of hydrogen-bond donors (Lipinski definition) is 1. The van der Waals surface area contributed by atoms with Gasteiger partial charge in [0.1, 0.15) is 18.3 Å². The van der Waals surface area contributed by atoms with Crippen LogP contribution in [0.2, 0.25) is 0 Å². The SMILES string of the molecule is C=CCO/N=C(/CCC)C1=C(O)CC(C2CC(C)CCC2C(C)C)(C2CC(C)CCC2C(C)C)C(C(=O)OC)C1=O. The minimum atomic E-state index is -0.979. The summed E-state index contributed by atoms with van der Waals surface area (Å²) in [5.74, 6) is 1.09. The molecule has 7 atom stereocenters. The molecule has 2 fully saturated rings. The molecule has 0 aromatic carbocycles. The summed E-state index contributed by atoms with van der Waals surface area (Å²) < 4.78 is 5.52. The van der Waals surface area contributed by atoms with Crippen LogP contribution in [0.4, 0.5) is 0 Å². The monoisotopic (exact) mass is 571 g/mol. The van der Waals surface area contributed by atoms with Gasteiger partial charge in [0.2, 0.25) is 0 Å². The highest BCUT2D eigenvalue weighted by atomic mass is 16.6. The van der Waals surface area contributed by atoms with Crippen LogP contribution in [0.15, 0.2) is 29.1 Å². The maximum Gasteiger partial charge on any atom is 0.317 e. The predicted molar refractivity (Wildman–Crippen MR) is 165 cm³/mol. The Bertz CT molecular complexity index is 963. The summed E-state index contributed by atoms with van der Waals surface area (Å²) in [6.07, 6.45) is 9.48. The van der Waals surface area contributed by atoms with Crippen LogP contribution in [0.25, 0.3) is 0 Å². The fraction of sp³-hybridized carbons (Fsp3) is 0.800. The Morgan fingerprint density at radius 3 is 2.02 bits per heavy atom. The zero-order valence-electron chi connectivity index (χ0n) is 27.1. The molecule has 232 valence electrons. The summed E-state index contributed by atoms with van der Waals surface area (Å²) >= 11 is 0. The lowest BCUT2D eigenvalue weighted by atomic mass is 9.43. The molecule has 1 N–H and O–H groups in total. The molecule has 0 saturated heterocycles. The molecule has 7 unspecified atom stereocenters. The Balaban J connectivity index is 2.36. The van der Waals surface area contributed by atoms with Crippen LogP contribution < -0.4 is 0 Å². The fourth-order valence-electron chi connectivity index (χ4n) is 8.99. The van der Waals surface area contributed by atoms with E-state index in [1.807, 2.05) is 6.92 Å². The molecule has 3 aliphatic carbocycles. The van der Waals surface area contributed by atoms with Crippen LogP contribution in [-0.2, 0) is 19.2 Å². The Kier molecular flexibility index (Phi) is 11.7. The number of Topliss-reactive ketones (excluding diaryl/α,β-unsaturated/α-hetero) is 1. The maximum atomic E-state index is 14.8. The van der Waals surface area contributed by atoms with Crippen LogP contribution in [-0.4, -0.2) is 36.3 Å². The second kappa shape index (κ2) is 14.4. The lowest BCUT2D eigenvalue weighted by Crippen LogP contribution is -2.60. The average Bonchev–Trinajstić information content (AvgIpc) is 2.91. The summed E-state index contributed by atoms with van der Waals surface area (Å²) in [5, 5.41) is 16.3. The first-order valence-corrected chi connectivity index (χ1v) is 16.3. The Morgan fingerprint density at radius 1 is 1.05 bits per heavy atom. The van der Waals surface area contributed by atoms with Crippen LogP contribution in [0.3, 0.4) is 0 Å². The quantitative estimate of drug-likeness (QED) is 0.0673. The molecule has 0 spiro atoms. The van der Waals surface area contributed by atoms with Crippen molar-refractivity contribution in [3.8, 4) is 0 Å². The topological polar surface area (TPSA) is 85.2 Å². The number of allylic oxidation sites excluding steroid dienone is 2. The van der Waals surface area contributed by atoms with E-state index >= 15 is 0 Å². The van der Waals surface area contributed by atoms with Gasteiger partial charge < -0.3 is 14.7 Å². The van der Waals surface area contributed by atoms with Gasteiger partial charge in [0.05, 0.1) is 18.4 Å². The standard InChI is InChI=1S/C35H57NO5/c1-10-12-29(36-41-17-11-2)31-30(37)20-35(32(33(31)38)34(39)40-9,27-18-23(7)13-15-25(27)21(3)4)28-19-24(8)14-16-26(28)22(5)6/h11,21-28,32,37H,2,10,12-20H2,1,3-9H3/b36-29-. The lowest BCUT2D eigenvalue weighted by Gasteiger charge is -2.60. The molecule has 6 nitrogen and oxygen atoms in total. The van der Waals surface area contributed by atoms with E-state index in [-0.39, 0.29) is 35.6 Å². The van der Waals surface area contributed by atoms with Crippen molar-refractivity contribution in [3.05, 3.63) is 24.0 Å². The van der Waals surface area contributed by atoms with E-state index in [2.05, 4.69) is 53.3 Å². The summed E-state index contributed by atoms with van der Waals surface area (Å²) in [5.41, 5.74) is -0.143. The van der Waals surface area contributed by atoms with Gasteiger partial charge in [-0.05, 0) is 79.4 Å². The molecule has 0 amide bonds. The third-order valence-corrected chi connectivity index (χ3v) is 10.8. The van der Waals surface area contributed by atoms with E-state index in [1.165, 1.54) is 7.11 Å². The molecular weight excluding hydrogens is 514 g/mol. The molecule has 41 heavy (non-hydrogen) atoms. The fourth-order valence-corrected chi connectivity index (χ4v) is 8.99. The van der Waals surface area contributed by atoms with E-state index < -0.39 is 17.3 Å². The van der Waals surface area contributed by atoms with Crippen LogP contribution >= 0.6 is 0 Å². The van der Waals surface area contributed by atoms with Crippen molar-refractivity contribution in [2.75, 3.05) is 13.7 Å². The number of hydrogen-bond acceptors (Lipinski definition) is 6. The summed E-state index contributed by atoms with van der Waals surface area (Å²) in [6, 6.07) is 0. The van der Waals surface area contributed by atoms with Gasteiger partial charge in [-0.1, -0.05) is 85.5 Å². The molecule has 0 heterocycles. The first kappa shape index (κ1) is 33.4. The van der Waals surface area contributed by atoms with Gasteiger partial charge in [-0.25, -0.2) is 0 Å². The van der Waals surface area contributed by atoms with Crippen LogP contribution in [0, 0.1) is 58.7 Å².